The lowest BCUT2D eigenvalue weighted by Gasteiger charge is -2.33. The van der Waals surface area contributed by atoms with Crippen LogP contribution in [0.1, 0.15) is 15.6 Å². The molecule has 4 rings (SSSR count). The fourth-order valence-electron chi connectivity index (χ4n) is 2.92. The van der Waals surface area contributed by atoms with Gasteiger partial charge < -0.3 is 9.42 Å². The number of carbonyl (C=O) groups is 1. The van der Waals surface area contributed by atoms with Crippen molar-refractivity contribution >= 4 is 44.8 Å². The standard InChI is InChI=1S/C18H16BrClN4O2S/c19-15-6-5-14(27-15)18(25)24-9-7-23(8-10-24)11-16-21-17(22-26-16)12-1-3-13(20)4-2-12/h1-6H,7-11H2. The Kier molecular flexibility index (Phi) is 5.58. The molecule has 0 saturated carbocycles. The Morgan fingerprint density at radius 2 is 1.89 bits per heavy atom. The van der Waals surface area contributed by atoms with E-state index in [1.807, 2.05) is 29.2 Å². The van der Waals surface area contributed by atoms with E-state index in [0.717, 1.165) is 27.3 Å². The smallest absolute Gasteiger partial charge is 0.264 e. The third-order valence-corrected chi connectivity index (χ3v) is 6.24. The summed E-state index contributed by atoms with van der Waals surface area (Å²) in [5.41, 5.74) is 0.868. The first-order valence-corrected chi connectivity index (χ1v) is 10.4. The SMILES string of the molecule is O=C(c1ccc(Br)s1)N1CCN(Cc2nc(-c3ccc(Cl)cc3)no2)CC1. The van der Waals surface area contributed by atoms with E-state index in [2.05, 4.69) is 31.0 Å². The summed E-state index contributed by atoms with van der Waals surface area (Å²) in [4.78, 5) is 21.8. The minimum absolute atomic E-state index is 0.0909. The van der Waals surface area contributed by atoms with Crippen molar-refractivity contribution in [3.8, 4) is 11.4 Å². The zero-order chi connectivity index (χ0) is 18.8. The van der Waals surface area contributed by atoms with Gasteiger partial charge in [-0.2, -0.15) is 4.98 Å². The lowest BCUT2D eigenvalue weighted by Crippen LogP contribution is -2.48. The predicted molar refractivity (Wildman–Crippen MR) is 108 cm³/mol. The van der Waals surface area contributed by atoms with Crippen molar-refractivity contribution in [3.05, 3.63) is 56.0 Å². The van der Waals surface area contributed by atoms with E-state index in [0.29, 0.717) is 36.4 Å². The summed E-state index contributed by atoms with van der Waals surface area (Å²) in [6.45, 7) is 3.50. The fraction of sp³-hybridized carbons (Fsp3) is 0.278. The van der Waals surface area contributed by atoms with E-state index < -0.39 is 0 Å². The molecular weight excluding hydrogens is 452 g/mol. The summed E-state index contributed by atoms with van der Waals surface area (Å²) in [5, 5.41) is 4.71. The molecule has 6 nitrogen and oxygen atoms in total. The number of rotatable bonds is 4. The van der Waals surface area contributed by atoms with Crippen LogP contribution in [0.2, 0.25) is 5.02 Å². The maximum Gasteiger partial charge on any atom is 0.264 e. The second kappa shape index (κ2) is 8.10. The molecule has 0 atom stereocenters. The summed E-state index contributed by atoms with van der Waals surface area (Å²) in [6.07, 6.45) is 0. The molecule has 0 unspecified atom stereocenters. The van der Waals surface area contributed by atoms with Crippen molar-refractivity contribution in [3.63, 3.8) is 0 Å². The zero-order valence-corrected chi connectivity index (χ0v) is 17.4. The highest BCUT2D eigenvalue weighted by Crippen LogP contribution is 2.24. The van der Waals surface area contributed by atoms with Gasteiger partial charge in [-0.15, -0.1) is 11.3 Å². The molecule has 1 amide bonds. The normalized spacial score (nSPS) is 15.3. The van der Waals surface area contributed by atoms with Crippen molar-refractivity contribution in [2.45, 2.75) is 6.54 Å². The average molecular weight is 468 g/mol. The van der Waals surface area contributed by atoms with Crippen LogP contribution in [0.4, 0.5) is 0 Å². The molecule has 0 aliphatic carbocycles. The minimum Gasteiger partial charge on any atom is -0.338 e. The van der Waals surface area contributed by atoms with Gasteiger partial charge in [0.15, 0.2) is 0 Å². The van der Waals surface area contributed by atoms with Crippen LogP contribution in [0, 0.1) is 0 Å². The van der Waals surface area contributed by atoms with E-state index in [9.17, 15) is 4.79 Å². The van der Waals surface area contributed by atoms with Gasteiger partial charge in [-0.25, -0.2) is 0 Å². The first-order chi connectivity index (χ1) is 13.1. The van der Waals surface area contributed by atoms with Gasteiger partial charge in [0.1, 0.15) is 0 Å². The molecule has 1 aliphatic heterocycles. The Morgan fingerprint density at radius 1 is 1.15 bits per heavy atom. The fourth-order valence-corrected chi connectivity index (χ4v) is 4.40. The van der Waals surface area contributed by atoms with Gasteiger partial charge in [-0.1, -0.05) is 16.8 Å². The van der Waals surface area contributed by atoms with Gasteiger partial charge in [0.05, 0.1) is 15.2 Å². The molecule has 2 aromatic heterocycles. The zero-order valence-electron chi connectivity index (χ0n) is 14.3. The Hall–Kier alpha value is -1.74. The number of hydrogen-bond donors (Lipinski definition) is 0. The average Bonchev–Trinajstić information content (AvgIpc) is 3.32. The van der Waals surface area contributed by atoms with Crippen LogP contribution in [0.25, 0.3) is 11.4 Å². The van der Waals surface area contributed by atoms with E-state index in [1.165, 1.54) is 11.3 Å². The maximum atomic E-state index is 12.5. The number of thiophene rings is 1. The van der Waals surface area contributed by atoms with Crippen LogP contribution in [0.3, 0.4) is 0 Å². The number of nitrogens with zero attached hydrogens (tertiary/aromatic N) is 4. The van der Waals surface area contributed by atoms with Gasteiger partial charge in [0, 0.05) is 36.8 Å². The highest BCUT2D eigenvalue weighted by molar-refractivity contribution is 9.11. The molecule has 0 N–H and O–H groups in total. The predicted octanol–water partition coefficient (Wildman–Crippen LogP) is 4.17. The molecular formula is C18H16BrClN4O2S. The van der Waals surface area contributed by atoms with Crippen LogP contribution >= 0.6 is 38.9 Å². The monoisotopic (exact) mass is 466 g/mol. The Bertz CT molecular complexity index is 935. The molecule has 1 saturated heterocycles. The van der Waals surface area contributed by atoms with E-state index in [1.54, 1.807) is 12.1 Å². The van der Waals surface area contributed by atoms with Gasteiger partial charge >= 0.3 is 0 Å². The highest BCUT2D eigenvalue weighted by atomic mass is 79.9. The van der Waals surface area contributed by atoms with E-state index >= 15 is 0 Å². The summed E-state index contributed by atoms with van der Waals surface area (Å²) < 4.78 is 6.35. The second-order valence-electron chi connectivity index (χ2n) is 6.19. The molecule has 1 aliphatic rings. The summed E-state index contributed by atoms with van der Waals surface area (Å²) in [5.74, 6) is 1.22. The first-order valence-electron chi connectivity index (χ1n) is 8.44. The lowest BCUT2D eigenvalue weighted by molar-refractivity contribution is 0.0620. The van der Waals surface area contributed by atoms with Crippen molar-refractivity contribution in [1.82, 2.24) is 19.9 Å². The second-order valence-corrected chi connectivity index (χ2v) is 9.09. The molecule has 3 heterocycles. The quantitative estimate of drug-likeness (QED) is 0.576. The molecule has 3 aromatic rings. The Labute approximate surface area is 173 Å². The topological polar surface area (TPSA) is 62.5 Å². The van der Waals surface area contributed by atoms with Gasteiger partial charge in [-0.3, -0.25) is 9.69 Å². The van der Waals surface area contributed by atoms with Crippen LogP contribution < -0.4 is 0 Å². The molecule has 140 valence electrons. The van der Waals surface area contributed by atoms with Crippen molar-refractivity contribution < 1.29 is 9.32 Å². The summed E-state index contributed by atoms with van der Waals surface area (Å²) in [6, 6.07) is 11.1. The van der Waals surface area contributed by atoms with Crippen molar-refractivity contribution in [2.24, 2.45) is 0 Å². The van der Waals surface area contributed by atoms with E-state index in [-0.39, 0.29) is 5.91 Å². The summed E-state index contributed by atoms with van der Waals surface area (Å²) in [7, 11) is 0. The maximum absolute atomic E-state index is 12.5. The van der Waals surface area contributed by atoms with E-state index in [4.69, 9.17) is 16.1 Å². The number of aromatic nitrogens is 2. The molecule has 0 spiro atoms. The third kappa shape index (κ3) is 4.40. The molecule has 27 heavy (non-hydrogen) atoms. The Balaban J connectivity index is 1.33. The number of amides is 1. The van der Waals surface area contributed by atoms with Gasteiger partial charge in [-0.05, 0) is 52.3 Å². The van der Waals surface area contributed by atoms with Gasteiger partial charge in [0.2, 0.25) is 11.7 Å². The van der Waals surface area contributed by atoms with Crippen molar-refractivity contribution in [2.75, 3.05) is 26.2 Å². The number of piperazine rings is 1. The molecule has 1 fully saturated rings. The largest absolute Gasteiger partial charge is 0.338 e. The van der Waals surface area contributed by atoms with Crippen LogP contribution in [0.15, 0.2) is 44.7 Å². The number of halogens is 2. The lowest BCUT2D eigenvalue weighted by atomic mass is 10.2. The van der Waals surface area contributed by atoms with Crippen LogP contribution in [-0.2, 0) is 6.54 Å². The highest BCUT2D eigenvalue weighted by Gasteiger charge is 2.24. The van der Waals surface area contributed by atoms with Crippen LogP contribution in [0.5, 0.6) is 0 Å². The summed E-state index contributed by atoms with van der Waals surface area (Å²) >= 11 is 10.8. The first kappa shape index (κ1) is 18.6. The molecule has 9 heteroatoms. The third-order valence-electron chi connectivity index (χ3n) is 4.37. The number of carbonyl (C=O) groups excluding carboxylic acids is 1. The number of hydrogen-bond acceptors (Lipinski definition) is 6. The molecule has 0 bridgehead atoms. The Morgan fingerprint density at radius 3 is 2.56 bits per heavy atom. The number of benzene rings is 1. The molecule has 1 aromatic carbocycles. The van der Waals surface area contributed by atoms with Crippen molar-refractivity contribution in [1.29, 1.82) is 0 Å². The van der Waals surface area contributed by atoms with Crippen LogP contribution in [-0.4, -0.2) is 52.0 Å². The van der Waals surface area contributed by atoms with Gasteiger partial charge in [0.25, 0.3) is 5.91 Å². The minimum atomic E-state index is 0.0909. The molecule has 0 radical (unpaired) electrons.